The molecule has 0 spiro atoms. The Morgan fingerprint density at radius 3 is 3.31 bits per heavy atom. The van der Waals surface area contributed by atoms with E-state index >= 15 is 0 Å². The maximum Gasteiger partial charge on any atom is 0.226 e. The summed E-state index contributed by atoms with van der Waals surface area (Å²) in [4.78, 5) is 15.6. The molecule has 1 aliphatic rings. The molecule has 0 aromatic carbocycles. The Kier molecular flexibility index (Phi) is 2.22. The molecule has 0 bridgehead atoms. The number of rotatable bonds is 1. The normalized spacial score (nSPS) is 21.5. The lowest BCUT2D eigenvalue weighted by Gasteiger charge is -2.21. The summed E-state index contributed by atoms with van der Waals surface area (Å²) >= 11 is 0. The number of Topliss-reactive ketones (excluding diaryl/α,β-unsaturated/α-hetero) is 1. The first-order chi connectivity index (χ1) is 7.84. The summed E-state index contributed by atoms with van der Waals surface area (Å²) in [6, 6.07) is 3.93. The van der Waals surface area contributed by atoms with Gasteiger partial charge in [-0.05, 0) is 12.1 Å². The van der Waals surface area contributed by atoms with E-state index in [-0.39, 0.29) is 6.04 Å². The molecule has 0 radical (unpaired) electrons. The highest BCUT2D eigenvalue weighted by molar-refractivity contribution is 5.83. The lowest BCUT2D eigenvalue weighted by atomic mass is 9.97. The predicted molar refractivity (Wildman–Crippen MR) is 59.0 cm³/mol. The van der Waals surface area contributed by atoms with Crippen LogP contribution in [-0.2, 0) is 4.79 Å². The smallest absolute Gasteiger partial charge is 0.226 e. The van der Waals surface area contributed by atoms with Crippen LogP contribution in [0.1, 0.15) is 24.4 Å². The van der Waals surface area contributed by atoms with Crippen molar-refractivity contribution < 1.29 is 9.21 Å². The number of nitrogens with zero attached hydrogens (tertiary/aromatic N) is 1. The predicted octanol–water partition coefficient (Wildman–Crippen LogP) is 1.82. The van der Waals surface area contributed by atoms with Gasteiger partial charge in [-0.25, -0.2) is 4.98 Å². The van der Waals surface area contributed by atoms with Gasteiger partial charge in [0.2, 0.25) is 5.71 Å². The minimum atomic E-state index is 0.0756. The molecule has 1 N–H and O–H groups in total. The van der Waals surface area contributed by atoms with Crippen LogP contribution in [0.3, 0.4) is 0 Å². The number of hydrogen-bond donors (Lipinski definition) is 1. The van der Waals surface area contributed by atoms with E-state index in [9.17, 15) is 4.79 Å². The van der Waals surface area contributed by atoms with Crippen LogP contribution >= 0.6 is 0 Å². The molecular formula is C12H12N2O2. The molecule has 82 valence electrons. The fourth-order valence-corrected chi connectivity index (χ4v) is 2.16. The summed E-state index contributed by atoms with van der Waals surface area (Å²) in [7, 11) is 0. The Hall–Kier alpha value is -1.68. The van der Waals surface area contributed by atoms with Crippen molar-refractivity contribution in [2.45, 2.75) is 18.9 Å². The van der Waals surface area contributed by atoms with Gasteiger partial charge in [0.25, 0.3) is 0 Å². The number of hydrogen-bond acceptors (Lipinski definition) is 4. The van der Waals surface area contributed by atoms with Crippen molar-refractivity contribution in [3.8, 4) is 0 Å². The molecule has 1 atom stereocenters. The van der Waals surface area contributed by atoms with Crippen molar-refractivity contribution in [2.24, 2.45) is 0 Å². The van der Waals surface area contributed by atoms with Crippen LogP contribution in [0, 0.1) is 0 Å². The lowest BCUT2D eigenvalue weighted by Crippen LogP contribution is -2.31. The van der Waals surface area contributed by atoms with Crippen LogP contribution in [0.4, 0.5) is 0 Å². The molecule has 3 rings (SSSR count). The van der Waals surface area contributed by atoms with E-state index in [2.05, 4.69) is 10.3 Å². The van der Waals surface area contributed by atoms with Crippen molar-refractivity contribution in [1.82, 2.24) is 10.3 Å². The number of pyridine rings is 1. The quantitative estimate of drug-likeness (QED) is 0.790. The SMILES string of the molecule is O=C1CCNC(c2coc3ncccc23)C1. The molecule has 4 nitrogen and oxygen atoms in total. The van der Waals surface area contributed by atoms with E-state index in [0.717, 1.165) is 17.5 Å². The molecule has 3 heterocycles. The highest BCUT2D eigenvalue weighted by atomic mass is 16.3. The first kappa shape index (κ1) is 9.54. The van der Waals surface area contributed by atoms with E-state index in [1.54, 1.807) is 12.5 Å². The highest BCUT2D eigenvalue weighted by Gasteiger charge is 2.23. The zero-order chi connectivity index (χ0) is 11.0. The van der Waals surface area contributed by atoms with Gasteiger partial charge in [-0.15, -0.1) is 0 Å². The molecule has 1 fully saturated rings. The molecular weight excluding hydrogens is 204 g/mol. The summed E-state index contributed by atoms with van der Waals surface area (Å²) in [6.45, 7) is 0.746. The third kappa shape index (κ3) is 1.51. The van der Waals surface area contributed by atoms with Gasteiger partial charge >= 0.3 is 0 Å². The van der Waals surface area contributed by atoms with Crippen molar-refractivity contribution in [1.29, 1.82) is 0 Å². The molecule has 0 aliphatic carbocycles. The van der Waals surface area contributed by atoms with Gasteiger partial charge in [-0.2, -0.15) is 0 Å². The number of nitrogens with one attached hydrogen (secondary N) is 1. The highest BCUT2D eigenvalue weighted by Crippen LogP contribution is 2.28. The van der Waals surface area contributed by atoms with Crippen molar-refractivity contribution in [2.75, 3.05) is 6.54 Å². The Balaban J connectivity index is 2.02. The molecule has 2 aromatic heterocycles. The second-order valence-corrected chi connectivity index (χ2v) is 4.05. The molecule has 4 heteroatoms. The average Bonchev–Trinajstić information content (AvgIpc) is 2.72. The second kappa shape index (κ2) is 3.72. The zero-order valence-corrected chi connectivity index (χ0v) is 8.77. The Morgan fingerprint density at radius 1 is 1.50 bits per heavy atom. The standard InChI is InChI=1S/C12H12N2O2/c15-8-3-5-13-11(6-8)10-7-16-12-9(10)2-1-4-14-12/h1-2,4,7,11,13H,3,5-6H2. The summed E-state index contributed by atoms with van der Waals surface area (Å²) in [5.74, 6) is 0.307. The minimum absolute atomic E-state index is 0.0756. The number of furan rings is 1. The van der Waals surface area contributed by atoms with Crippen LogP contribution in [0.2, 0.25) is 0 Å². The van der Waals surface area contributed by atoms with Gasteiger partial charge in [0.15, 0.2) is 0 Å². The molecule has 2 aromatic rings. The molecule has 1 saturated heterocycles. The molecule has 0 amide bonds. The number of carbonyl (C=O) groups is 1. The van der Waals surface area contributed by atoms with Gasteiger partial charge in [0.1, 0.15) is 5.78 Å². The van der Waals surface area contributed by atoms with Crippen LogP contribution in [0.15, 0.2) is 29.0 Å². The number of aromatic nitrogens is 1. The first-order valence-electron chi connectivity index (χ1n) is 5.42. The molecule has 16 heavy (non-hydrogen) atoms. The van der Waals surface area contributed by atoms with Crippen LogP contribution in [-0.4, -0.2) is 17.3 Å². The molecule has 1 unspecified atom stereocenters. The van der Waals surface area contributed by atoms with E-state index in [0.29, 0.717) is 24.3 Å². The number of fused-ring (bicyclic) bond motifs is 1. The zero-order valence-electron chi connectivity index (χ0n) is 8.77. The topological polar surface area (TPSA) is 55.1 Å². The third-order valence-electron chi connectivity index (χ3n) is 2.98. The fourth-order valence-electron chi connectivity index (χ4n) is 2.16. The average molecular weight is 216 g/mol. The number of carbonyl (C=O) groups excluding carboxylic acids is 1. The van der Waals surface area contributed by atoms with Gasteiger partial charge < -0.3 is 9.73 Å². The summed E-state index contributed by atoms with van der Waals surface area (Å²) in [5.41, 5.74) is 1.67. The van der Waals surface area contributed by atoms with Gasteiger partial charge in [0, 0.05) is 42.6 Å². The first-order valence-corrected chi connectivity index (χ1v) is 5.42. The maximum absolute atomic E-state index is 11.4. The summed E-state index contributed by atoms with van der Waals surface area (Å²) in [6.07, 6.45) is 4.58. The van der Waals surface area contributed by atoms with Crippen LogP contribution < -0.4 is 5.32 Å². The van der Waals surface area contributed by atoms with E-state index in [4.69, 9.17) is 4.42 Å². The largest absolute Gasteiger partial charge is 0.446 e. The number of ketones is 1. The minimum Gasteiger partial charge on any atom is -0.446 e. The third-order valence-corrected chi connectivity index (χ3v) is 2.98. The maximum atomic E-state index is 11.4. The van der Waals surface area contributed by atoms with E-state index < -0.39 is 0 Å². The Bertz CT molecular complexity index is 533. The Labute approximate surface area is 92.7 Å². The van der Waals surface area contributed by atoms with Crippen molar-refractivity contribution in [3.05, 3.63) is 30.2 Å². The monoisotopic (exact) mass is 216 g/mol. The number of piperidine rings is 1. The van der Waals surface area contributed by atoms with Crippen LogP contribution in [0.5, 0.6) is 0 Å². The van der Waals surface area contributed by atoms with Gasteiger partial charge in [-0.1, -0.05) is 0 Å². The molecule has 0 saturated carbocycles. The fraction of sp³-hybridized carbons (Fsp3) is 0.333. The summed E-state index contributed by atoms with van der Waals surface area (Å²) < 4.78 is 5.38. The second-order valence-electron chi connectivity index (χ2n) is 4.05. The van der Waals surface area contributed by atoms with Crippen molar-refractivity contribution in [3.63, 3.8) is 0 Å². The van der Waals surface area contributed by atoms with Crippen molar-refractivity contribution >= 4 is 16.9 Å². The Morgan fingerprint density at radius 2 is 2.44 bits per heavy atom. The van der Waals surface area contributed by atoms with E-state index in [1.165, 1.54) is 0 Å². The van der Waals surface area contributed by atoms with Crippen LogP contribution in [0.25, 0.3) is 11.1 Å². The summed E-state index contributed by atoms with van der Waals surface area (Å²) in [5, 5.41) is 4.33. The van der Waals surface area contributed by atoms with E-state index in [1.807, 2.05) is 12.1 Å². The van der Waals surface area contributed by atoms with Gasteiger partial charge in [-0.3, -0.25) is 4.79 Å². The van der Waals surface area contributed by atoms with Gasteiger partial charge in [0.05, 0.1) is 6.26 Å². The lowest BCUT2D eigenvalue weighted by molar-refractivity contribution is -0.120. The molecule has 1 aliphatic heterocycles.